The second-order valence-electron chi connectivity index (χ2n) is 6.97. The molecule has 0 aromatic heterocycles. The summed E-state index contributed by atoms with van der Waals surface area (Å²) in [6.07, 6.45) is 5.49. The van der Waals surface area contributed by atoms with Crippen molar-refractivity contribution in [3.05, 3.63) is 0 Å². The van der Waals surface area contributed by atoms with Crippen molar-refractivity contribution in [3.63, 3.8) is 0 Å². The van der Waals surface area contributed by atoms with Gasteiger partial charge in [0.15, 0.2) is 0 Å². The van der Waals surface area contributed by atoms with Gasteiger partial charge in [0, 0.05) is 25.0 Å². The SMILES string of the molecule is CC1CCN(CCNC(=O)C2CCC(N)C(C)C2)CC1. The van der Waals surface area contributed by atoms with Crippen molar-refractivity contribution < 1.29 is 4.79 Å². The Labute approximate surface area is 123 Å². The summed E-state index contributed by atoms with van der Waals surface area (Å²) in [5.74, 6) is 1.78. The molecule has 0 aromatic carbocycles. The summed E-state index contributed by atoms with van der Waals surface area (Å²) in [7, 11) is 0. The lowest BCUT2D eigenvalue weighted by molar-refractivity contribution is -0.126. The molecule has 1 saturated carbocycles. The Morgan fingerprint density at radius 2 is 1.90 bits per heavy atom. The van der Waals surface area contributed by atoms with E-state index in [0.717, 1.165) is 38.3 Å². The van der Waals surface area contributed by atoms with Gasteiger partial charge in [0.25, 0.3) is 0 Å². The van der Waals surface area contributed by atoms with Crippen molar-refractivity contribution in [1.82, 2.24) is 10.2 Å². The molecule has 2 fully saturated rings. The van der Waals surface area contributed by atoms with E-state index in [4.69, 9.17) is 5.73 Å². The molecule has 4 nitrogen and oxygen atoms in total. The number of carbonyl (C=O) groups is 1. The number of nitrogens with zero attached hydrogens (tertiary/aromatic N) is 1. The number of piperidine rings is 1. The molecular weight excluding hydrogens is 250 g/mol. The van der Waals surface area contributed by atoms with Gasteiger partial charge in [-0.25, -0.2) is 0 Å². The van der Waals surface area contributed by atoms with Crippen LogP contribution in [0, 0.1) is 17.8 Å². The summed E-state index contributed by atoms with van der Waals surface area (Å²) in [4.78, 5) is 14.6. The van der Waals surface area contributed by atoms with Gasteiger partial charge >= 0.3 is 0 Å². The van der Waals surface area contributed by atoms with Crippen molar-refractivity contribution >= 4 is 5.91 Å². The highest BCUT2D eigenvalue weighted by Gasteiger charge is 2.29. The van der Waals surface area contributed by atoms with E-state index < -0.39 is 0 Å². The van der Waals surface area contributed by atoms with Gasteiger partial charge in [-0.05, 0) is 57.0 Å². The van der Waals surface area contributed by atoms with E-state index in [1.165, 1.54) is 25.9 Å². The highest BCUT2D eigenvalue weighted by Crippen LogP contribution is 2.28. The first-order valence-corrected chi connectivity index (χ1v) is 8.32. The predicted molar refractivity (Wildman–Crippen MR) is 82.3 cm³/mol. The van der Waals surface area contributed by atoms with Crippen molar-refractivity contribution in [2.24, 2.45) is 23.5 Å². The Balaban J connectivity index is 1.63. The Kier molecular flexibility index (Phi) is 5.85. The molecule has 116 valence electrons. The fraction of sp³-hybridized carbons (Fsp3) is 0.938. The zero-order valence-electron chi connectivity index (χ0n) is 13.1. The maximum absolute atomic E-state index is 12.2. The second-order valence-corrected chi connectivity index (χ2v) is 6.97. The number of likely N-dealkylation sites (tertiary alicyclic amines) is 1. The van der Waals surface area contributed by atoms with Crippen LogP contribution in [0.5, 0.6) is 0 Å². The van der Waals surface area contributed by atoms with E-state index in [-0.39, 0.29) is 17.9 Å². The first-order valence-electron chi connectivity index (χ1n) is 8.32. The van der Waals surface area contributed by atoms with E-state index >= 15 is 0 Å². The van der Waals surface area contributed by atoms with E-state index in [0.29, 0.717) is 5.92 Å². The molecule has 3 atom stereocenters. The van der Waals surface area contributed by atoms with Crippen molar-refractivity contribution in [3.8, 4) is 0 Å². The Morgan fingerprint density at radius 3 is 2.55 bits per heavy atom. The number of hydrogen-bond donors (Lipinski definition) is 2. The summed E-state index contributed by atoms with van der Waals surface area (Å²) in [5, 5.41) is 3.12. The average Bonchev–Trinajstić information content (AvgIpc) is 2.44. The molecule has 0 aromatic rings. The molecule has 3 unspecified atom stereocenters. The van der Waals surface area contributed by atoms with Crippen LogP contribution in [0.2, 0.25) is 0 Å². The molecule has 0 spiro atoms. The van der Waals surface area contributed by atoms with Crippen LogP contribution in [0.15, 0.2) is 0 Å². The molecule has 3 N–H and O–H groups in total. The van der Waals surface area contributed by atoms with Gasteiger partial charge in [-0.3, -0.25) is 4.79 Å². The molecule has 1 aliphatic heterocycles. The third kappa shape index (κ3) is 4.45. The van der Waals surface area contributed by atoms with Crippen LogP contribution in [0.1, 0.15) is 46.0 Å². The zero-order valence-corrected chi connectivity index (χ0v) is 13.1. The Bertz CT molecular complexity index is 313. The van der Waals surface area contributed by atoms with Gasteiger partial charge in [0.1, 0.15) is 0 Å². The Hall–Kier alpha value is -0.610. The maximum atomic E-state index is 12.2. The molecule has 2 rings (SSSR count). The molecule has 20 heavy (non-hydrogen) atoms. The topological polar surface area (TPSA) is 58.4 Å². The van der Waals surface area contributed by atoms with Gasteiger partial charge in [-0.1, -0.05) is 13.8 Å². The van der Waals surface area contributed by atoms with Crippen molar-refractivity contribution in [2.45, 2.75) is 52.0 Å². The first kappa shape index (κ1) is 15.8. The Morgan fingerprint density at radius 1 is 1.20 bits per heavy atom. The van der Waals surface area contributed by atoms with E-state index in [1.807, 2.05) is 0 Å². The molecule has 1 amide bonds. The highest BCUT2D eigenvalue weighted by atomic mass is 16.1. The maximum Gasteiger partial charge on any atom is 0.223 e. The first-order chi connectivity index (χ1) is 9.56. The third-order valence-corrected chi connectivity index (χ3v) is 5.21. The number of hydrogen-bond acceptors (Lipinski definition) is 3. The van der Waals surface area contributed by atoms with E-state index in [2.05, 4.69) is 24.1 Å². The molecule has 1 heterocycles. The van der Waals surface area contributed by atoms with Crippen LogP contribution in [0.4, 0.5) is 0 Å². The largest absolute Gasteiger partial charge is 0.355 e. The molecule has 2 aliphatic rings. The third-order valence-electron chi connectivity index (χ3n) is 5.21. The molecule has 1 saturated heterocycles. The molecule has 1 aliphatic carbocycles. The van der Waals surface area contributed by atoms with Gasteiger partial charge in [0.05, 0.1) is 0 Å². The number of nitrogens with one attached hydrogen (secondary N) is 1. The van der Waals surface area contributed by atoms with E-state index in [9.17, 15) is 4.79 Å². The van der Waals surface area contributed by atoms with Gasteiger partial charge in [-0.15, -0.1) is 0 Å². The van der Waals surface area contributed by atoms with Crippen LogP contribution in [-0.2, 0) is 4.79 Å². The lowest BCUT2D eigenvalue weighted by Gasteiger charge is -2.32. The number of nitrogens with two attached hydrogens (primary N) is 1. The van der Waals surface area contributed by atoms with Crippen molar-refractivity contribution in [1.29, 1.82) is 0 Å². The molecule has 0 radical (unpaired) electrons. The normalized spacial score (nSPS) is 33.0. The highest BCUT2D eigenvalue weighted by molar-refractivity contribution is 5.78. The molecule has 4 heteroatoms. The number of rotatable bonds is 4. The zero-order chi connectivity index (χ0) is 14.5. The van der Waals surface area contributed by atoms with Crippen molar-refractivity contribution in [2.75, 3.05) is 26.2 Å². The number of carbonyl (C=O) groups excluding carboxylic acids is 1. The monoisotopic (exact) mass is 281 g/mol. The summed E-state index contributed by atoms with van der Waals surface area (Å²) in [5.41, 5.74) is 6.01. The minimum atomic E-state index is 0.186. The van der Waals surface area contributed by atoms with Crippen LogP contribution in [0.3, 0.4) is 0 Å². The van der Waals surface area contributed by atoms with Crippen LogP contribution in [0.25, 0.3) is 0 Å². The summed E-state index contributed by atoms with van der Waals surface area (Å²) in [6.45, 7) is 8.66. The number of amides is 1. The minimum absolute atomic E-state index is 0.186. The van der Waals surface area contributed by atoms with Gasteiger partial charge < -0.3 is 16.0 Å². The standard InChI is InChI=1S/C16H31N3O/c1-12-5-8-19(9-6-12)10-7-18-16(20)14-3-4-15(17)13(2)11-14/h12-15H,3-11,17H2,1-2H3,(H,18,20). The van der Waals surface area contributed by atoms with Gasteiger partial charge in [-0.2, -0.15) is 0 Å². The fourth-order valence-electron chi connectivity index (χ4n) is 3.42. The lowest BCUT2D eigenvalue weighted by Crippen LogP contribution is -2.43. The van der Waals surface area contributed by atoms with Gasteiger partial charge in [0.2, 0.25) is 5.91 Å². The average molecular weight is 281 g/mol. The summed E-state index contributed by atoms with van der Waals surface area (Å²) in [6, 6.07) is 0.286. The fourth-order valence-corrected chi connectivity index (χ4v) is 3.42. The van der Waals surface area contributed by atoms with Crippen LogP contribution < -0.4 is 11.1 Å². The van der Waals surface area contributed by atoms with Crippen LogP contribution >= 0.6 is 0 Å². The smallest absolute Gasteiger partial charge is 0.223 e. The minimum Gasteiger partial charge on any atom is -0.355 e. The summed E-state index contributed by atoms with van der Waals surface area (Å²) >= 11 is 0. The quantitative estimate of drug-likeness (QED) is 0.823. The summed E-state index contributed by atoms with van der Waals surface area (Å²) < 4.78 is 0. The second kappa shape index (κ2) is 7.41. The predicted octanol–water partition coefficient (Wildman–Crippen LogP) is 1.60. The molecular formula is C16H31N3O. The lowest BCUT2D eigenvalue weighted by atomic mass is 9.79. The molecule has 0 bridgehead atoms. The van der Waals surface area contributed by atoms with E-state index in [1.54, 1.807) is 0 Å². The van der Waals surface area contributed by atoms with Crippen LogP contribution in [-0.4, -0.2) is 43.0 Å².